The fourth-order valence-corrected chi connectivity index (χ4v) is 4.23. The van der Waals surface area contributed by atoms with Crippen LogP contribution in [-0.2, 0) is 0 Å². The Morgan fingerprint density at radius 2 is 1.32 bits per heavy atom. The molecular formula is C17H12Br2N2O4. The van der Waals surface area contributed by atoms with Crippen LogP contribution in [0.2, 0.25) is 0 Å². The Morgan fingerprint density at radius 1 is 0.800 bits per heavy atom. The largest absolute Gasteiger partial charge is 0.288 e. The summed E-state index contributed by atoms with van der Waals surface area (Å²) in [7, 11) is 1.39. The predicted molar refractivity (Wildman–Crippen MR) is 98.9 cm³/mol. The summed E-state index contributed by atoms with van der Waals surface area (Å²) in [5, 5.41) is 2.93. The Morgan fingerprint density at radius 3 is 1.96 bits per heavy atom. The second-order valence-electron chi connectivity index (χ2n) is 5.26. The molecular weight excluding hydrogens is 456 g/mol. The van der Waals surface area contributed by atoms with Crippen molar-refractivity contribution in [3.63, 3.8) is 0 Å². The summed E-state index contributed by atoms with van der Waals surface area (Å²) in [5.74, 6) is -2.07. The zero-order chi connectivity index (χ0) is 18.6. The molecule has 2 aromatic rings. The van der Waals surface area contributed by atoms with Crippen molar-refractivity contribution in [2.75, 3.05) is 7.05 Å². The van der Waals surface area contributed by atoms with E-state index in [9.17, 15) is 19.2 Å². The number of imide groups is 2. The van der Waals surface area contributed by atoms with E-state index in [1.165, 1.54) is 19.2 Å². The van der Waals surface area contributed by atoms with Gasteiger partial charge in [0, 0.05) is 37.9 Å². The van der Waals surface area contributed by atoms with Crippen molar-refractivity contribution in [1.29, 1.82) is 0 Å². The lowest BCUT2D eigenvalue weighted by molar-refractivity contribution is 0.0647. The average molecular weight is 468 g/mol. The van der Waals surface area contributed by atoms with Crippen LogP contribution in [0.15, 0.2) is 21.1 Å². The number of amides is 4. The zero-order valence-electron chi connectivity index (χ0n) is 13.5. The first-order valence-corrected chi connectivity index (χ1v) is 9.08. The summed E-state index contributed by atoms with van der Waals surface area (Å²) in [5.41, 5.74) is 1.05. The van der Waals surface area contributed by atoms with E-state index in [2.05, 4.69) is 37.2 Å². The molecule has 0 spiro atoms. The van der Waals surface area contributed by atoms with Gasteiger partial charge in [-0.1, -0.05) is 13.8 Å². The second kappa shape index (κ2) is 6.03. The molecule has 0 bridgehead atoms. The highest BCUT2D eigenvalue weighted by molar-refractivity contribution is 9.10. The van der Waals surface area contributed by atoms with Crippen LogP contribution in [0, 0.1) is 0 Å². The van der Waals surface area contributed by atoms with Crippen LogP contribution in [0.4, 0.5) is 0 Å². The van der Waals surface area contributed by atoms with Gasteiger partial charge < -0.3 is 0 Å². The SMILES string of the molecule is CC.CN1C(=O)c2cc(Br)c3c4c(cc(Br)c(c24)C1=O)C(=O)NC3=O. The topological polar surface area (TPSA) is 83.6 Å². The number of rotatable bonds is 0. The van der Waals surface area contributed by atoms with Crippen molar-refractivity contribution in [1.82, 2.24) is 10.2 Å². The molecule has 4 rings (SSSR count). The van der Waals surface area contributed by atoms with Crippen LogP contribution in [0.5, 0.6) is 0 Å². The highest BCUT2D eigenvalue weighted by Gasteiger charge is 2.38. The lowest BCUT2D eigenvalue weighted by Crippen LogP contribution is -2.40. The van der Waals surface area contributed by atoms with Gasteiger partial charge in [0.05, 0.1) is 11.1 Å². The Kier molecular flexibility index (Phi) is 4.28. The Bertz CT molecular complexity index is 1010. The first kappa shape index (κ1) is 17.8. The molecule has 1 N–H and O–H groups in total. The van der Waals surface area contributed by atoms with E-state index >= 15 is 0 Å². The molecule has 2 aromatic carbocycles. The van der Waals surface area contributed by atoms with Crippen molar-refractivity contribution >= 4 is 66.3 Å². The molecule has 0 unspecified atom stereocenters. The average Bonchev–Trinajstić information content (AvgIpc) is 2.58. The molecule has 6 nitrogen and oxygen atoms in total. The van der Waals surface area contributed by atoms with Crippen molar-refractivity contribution < 1.29 is 19.2 Å². The summed E-state index contributed by atoms with van der Waals surface area (Å²) < 4.78 is 0.805. The van der Waals surface area contributed by atoms with Crippen molar-refractivity contribution in [2.24, 2.45) is 0 Å². The van der Waals surface area contributed by atoms with Crippen LogP contribution in [-0.4, -0.2) is 35.6 Å². The third-order valence-electron chi connectivity index (χ3n) is 4.06. The van der Waals surface area contributed by atoms with Gasteiger partial charge in [0.15, 0.2) is 0 Å². The monoisotopic (exact) mass is 466 g/mol. The molecule has 0 radical (unpaired) electrons. The minimum Gasteiger partial charge on any atom is -0.288 e. The standard InChI is InChI=1S/C15H6Br2N2O4.C2H6/c1-19-14(22)5-3-6(16)10-8-4(12(20)18-13(10)21)2-7(17)11(9(5)8)15(19)23;1-2/h2-3H,1H3,(H,18,20,21);1-2H3. The Labute approximate surface area is 159 Å². The number of nitrogens with one attached hydrogen (secondary N) is 1. The smallest absolute Gasteiger partial charge is 0.262 e. The van der Waals surface area contributed by atoms with E-state index in [0.717, 1.165) is 4.90 Å². The van der Waals surface area contributed by atoms with Gasteiger partial charge in [-0.05, 0) is 44.0 Å². The summed E-state index contributed by atoms with van der Waals surface area (Å²) in [6.07, 6.45) is 0. The molecule has 2 aliphatic rings. The molecule has 25 heavy (non-hydrogen) atoms. The Hall–Kier alpha value is -2.06. The van der Waals surface area contributed by atoms with E-state index in [-0.39, 0.29) is 22.3 Å². The zero-order valence-corrected chi connectivity index (χ0v) is 16.7. The highest BCUT2D eigenvalue weighted by Crippen LogP contribution is 2.42. The summed E-state index contributed by atoms with van der Waals surface area (Å²) in [6.45, 7) is 4.00. The van der Waals surface area contributed by atoms with Crippen LogP contribution in [0.25, 0.3) is 10.8 Å². The summed E-state index contributed by atoms with van der Waals surface area (Å²) in [6, 6.07) is 3.01. The third kappa shape index (κ3) is 2.27. The predicted octanol–water partition coefficient (Wildman–Crippen LogP) is 3.50. The number of hydrogen-bond acceptors (Lipinski definition) is 4. The molecule has 0 aromatic heterocycles. The molecule has 2 heterocycles. The number of nitrogens with zero attached hydrogens (tertiary/aromatic N) is 1. The van der Waals surface area contributed by atoms with Crippen LogP contribution < -0.4 is 5.32 Å². The van der Waals surface area contributed by atoms with Gasteiger partial charge in [0.2, 0.25) is 0 Å². The van der Waals surface area contributed by atoms with Gasteiger partial charge in [-0.15, -0.1) is 0 Å². The molecule has 0 saturated heterocycles. The fourth-order valence-electron chi connectivity index (χ4n) is 3.02. The molecule has 0 fully saturated rings. The number of carbonyl (C=O) groups excluding carboxylic acids is 4. The van der Waals surface area contributed by atoms with Gasteiger partial charge in [0.1, 0.15) is 0 Å². The first-order valence-electron chi connectivity index (χ1n) is 7.49. The molecule has 4 amide bonds. The fraction of sp³-hybridized carbons (Fsp3) is 0.176. The van der Waals surface area contributed by atoms with Crippen LogP contribution in [0.3, 0.4) is 0 Å². The number of benzene rings is 2. The van der Waals surface area contributed by atoms with E-state index in [4.69, 9.17) is 0 Å². The van der Waals surface area contributed by atoms with E-state index in [0.29, 0.717) is 19.7 Å². The lowest BCUT2D eigenvalue weighted by atomic mass is 9.86. The molecule has 8 heteroatoms. The molecule has 0 atom stereocenters. The quantitative estimate of drug-likeness (QED) is 0.601. The third-order valence-corrected chi connectivity index (χ3v) is 5.31. The van der Waals surface area contributed by atoms with Crippen LogP contribution in [0.1, 0.15) is 55.3 Å². The second-order valence-corrected chi connectivity index (χ2v) is 6.97. The van der Waals surface area contributed by atoms with Gasteiger partial charge in [0.25, 0.3) is 23.6 Å². The normalized spacial score (nSPS) is 15.2. The highest BCUT2D eigenvalue weighted by atomic mass is 79.9. The van der Waals surface area contributed by atoms with Gasteiger partial charge in [-0.25, -0.2) is 0 Å². The Balaban J connectivity index is 0.000000880. The van der Waals surface area contributed by atoms with Crippen LogP contribution >= 0.6 is 31.9 Å². The number of hydrogen-bond donors (Lipinski definition) is 1. The van der Waals surface area contributed by atoms with Gasteiger partial charge in [-0.2, -0.15) is 0 Å². The van der Waals surface area contributed by atoms with Crippen molar-refractivity contribution in [3.8, 4) is 0 Å². The maximum atomic E-state index is 12.5. The summed E-state index contributed by atoms with van der Waals surface area (Å²) in [4.78, 5) is 50.3. The molecule has 0 aliphatic carbocycles. The van der Waals surface area contributed by atoms with E-state index < -0.39 is 23.6 Å². The first-order chi connectivity index (χ1) is 11.8. The molecule has 128 valence electrons. The van der Waals surface area contributed by atoms with Gasteiger partial charge in [-0.3, -0.25) is 29.4 Å². The van der Waals surface area contributed by atoms with Crippen molar-refractivity contribution in [3.05, 3.63) is 43.3 Å². The maximum Gasteiger partial charge on any atom is 0.262 e. The molecule has 0 saturated carbocycles. The van der Waals surface area contributed by atoms with Gasteiger partial charge >= 0.3 is 0 Å². The number of halogens is 2. The van der Waals surface area contributed by atoms with E-state index in [1.54, 1.807) is 0 Å². The minimum absolute atomic E-state index is 0.247. The molecule has 2 aliphatic heterocycles. The van der Waals surface area contributed by atoms with Crippen molar-refractivity contribution in [2.45, 2.75) is 13.8 Å². The lowest BCUT2D eigenvalue weighted by Gasteiger charge is -2.28. The summed E-state index contributed by atoms with van der Waals surface area (Å²) >= 11 is 6.59. The number of carbonyl (C=O) groups is 4. The maximum absolute atomic E-state index is 12.5. The minimum atomic E-state index is -0.562. The van der Waals surface area contributed by atoms with E-state index in [1.807, 2.05) is 13.8 Å².